The number of hydrogen-bond acceptors (Lipinski definition) is 3. The van der Waals surface area contributed by atoms with Crippen LogP contribution in [0, 0.1) is 6.92 Å². The van der Waals surface area contributed by atoms with Crippen LogP contribution in [0.3, 0.4) is 0 Å². The molecule has 4 nitrogen and oxygen atoms in total. The van der Waals surface area contributed by atoms with Crippen LogP contribution in [0.2, 0.25) is 0 Å². The molecule has 1 aliphatic heterocycles. The fourth-order valence-corrected chi connectivity index (χ4v) is 3.10. The lowest BCUT2D eigenvalue weighted by molar-refractivity contribution is 0.594. The molecule has 0 radical (unpaired) electrons. The van der Waals surface area contributed by atoms with Crippen LogP contribution in [0.25, 0.3) is 0 Å². The molecule has 5 heteroatoms. The largest absolute Gasteiger partial charge is 0.271 e. The van der Waals surface area contributed by atoms with E-state index in [0.717, 1.165) is 5.56 Å². The van der Waals surface area contributed by atoms with Gasteiger partial charge in [0.15, 0.2) is 0 Å². The SMILES string of the molecule is CN=C1NS(=O)(=O)c2c(C)cccc21. The molecular weight excluding hydrogens is 200 g/mol. The summed E-state index contributed by atoms with van der Waals surface area (Å²) in [4.78, 5) is 4.24. The summed E-state index contributed by atoms with van der Waals surface area (Å²) in [5.74, 6) is 0.420. The van der Waals surface area contributed by atoms with E-state index in [1.54, 1.807) is 26.1 Å². The molecule has 2 rings (SSSR count). The van der Waals surface area contributed by atoms with Gasteiger partial charge in [0.1, 0.15) is 10.7 Å². The van der Waals surface area contributed by atoms with E-state index in [1.807, 2.05) is 6.07 Å². The van der Waals surface area contributed by atoms with E-state index in [9.17, 15) is 8.42 Å². The molecular formula is C9H10N2O2S. The highest BCUT2D eigenvalue weighted by Gasteiger charge is 2.31. The second-order valence-corrected chi connectivity index (χ2v) is 4.75. The van der Waals surface area contributed by atoms with Crippen molar-refractivity contribution in [2.75, 3.05) is 7.05 Å². The van der Waals surface area contributed by atoms with Gasteiger partial charge in [-0.25, -0.2) is 8.42 Å². The summed E-state index contributed by atoms with van der Waals surface area (Å²) in [5.41, 5.74) is 1.40. The lowest BCUT2D eigenvalue weighted by Gasteiger charge is -1.98. The molecule has 74 valence electrons. The summed E-state index contributed by atoms with van der Waals surface area (Å²) in [6.45, 7) is 1.77. The molecule has 1 aliphatic rings. The van der Waals surface area contributed by atoms with Crippen LogP contribution in [0.1, 0.15) is 11.1 Å². The standard InChI is InChI=1S/C9H10N2O2S/c1-6-4-3-5-7-8(6)14(12,13)11-9(7)10-2/h3-5H,1-2H3,(H,10,11). The summed E-state index contributed by atoms with van der Waals surface area (Å²) in [6.07, 6.45) is 0. The van der Waals surface area contributed by atoms with Crippen LogP contribution in [-0.4, -0.2) is 21.3 Å². The van der Waals surface area contributed by atoms with Crippen LogP contribution < -0.4 is 4.72 Å². The summed E-state index contributed by atoms with van der Waals surface area (Å²) in [5, 5.41) is 0. The fraction of sp³-hybridized carbons (Fsp3) is 0.222. The minimum Gasteiger partial charge on any atom is -0.271 e. The number of nitrogens with one attached hydrogen (secondary N) is 1. The highest BCUT2D eigenvalue weighted by Crippen LogP contribution is 2.25. The zero-order valence-corrected chi connectivity index (χ0v) is 8.72. The number of nitrogens with zero attached hydrogens (tertiary/aromatic N) is 1. The average molecular weight is 210 g/mol. The van der Waals surface area contributed by atoms with Gasteiger partial charge < -0.3 is 0 Å². The first-order valence-corrected chi connectivity index (χ1v) is 5.64. The van der Waals surface area contributed by atoms with E-state index in [-0.39, 0.29) is 0 Å². The number of amidine groups is 1. The van der Waals surface area contributed by atoms with Gasteiger partial charge in [-0.1, -0.05) is 12.1 Å². The number of aryl methyl sites for hydroxylation is 1. The molecule has 0 aliphatic carbocycles. The van der Waals surface area contributed by atoms with Gasteiger partial charge in [-0.2, -0.15) is 0 Å². The molecule has 0 saturated heterocycles. The van der Waals surface area contributed by atoms with Crippen LogP contribution in [-0.2, 0) is 10.0 Å². The summed E-state index contributed by atoms with van der Waals surface area (Å²) >= 11 is 0. The maximum Gasteiger partial charge on any atom is 0.264 e. The zero-order valence-electron chi connectivity index (χ0n) is 7.90. The van der Waals surface area contributed by atoms with Gasteiger partial charge in [0.2, 0.25) is 0 Å². The second kappa shape index (κ2) is 2.81. The van der Waals surface area contributed by atoms with Gasteiger partial charge in [0.05, 0.1) is 0 Å². The molecule has 0 saturated carbocycles. The number of sulfonamides is 1. The van der Waals surface area contributed by atoms with E-state index in [0.29, 0.717) is 16.3 Å². The molecule has 1 aromatic rings. The quantitative estimate of drug-likeness (QED) is 0.684. The molecule has 1 N–H and O–H groups in total. The molecule has 0 atom stereocenters. The molecule has 0 fully saturated rings. The monoisotopic (exact) mass is 210 g/mol. The Hall–Kier alpha value is -1.36. The number of hydrogen-bond donors (Lipinski definition) is 1. The molecule has 0 spiro atoms. The maximum absolute atomic E-state index is 11.7. The third-order valence-corrected chi connectivity index (χ3v) is 3.73. The van der Waals surface area contributed by atoms with Gasteiger partial charge in [0.25, 0.3) is 10.0 Å². The van der Waals surface area contributed by atoms with Gasteiger partial charge in [-0.05, 0) is 18.6 Å². The summed E-state index contributed by atoms with van der Waals surface area (Å²) in [7, 11) is -1.81. The first-order chi connectivity index (χ1) is 6.56. The fourth-order valence-electron chi connectivity index (χ4n) is 1.60. The highest BCUT2D eigenvalue weighted by atomic mass is 32.2. The Labute approximate surface area is 82.7 Å². The molecule has 0 unspecified atom stereocenters. The van der Waals surface area contributed by atoms with E-state index < -0.39 is 10.0 Å². The molecule has 14 heavy (non-hydrogen) atoms. The second-order valence-electron chi connectivity index (χ2n) is 3.13. The smallest absolute Gasteiger partial charge is 0.264 e. The minimum atomic E-state index is -3.38. The van der Waals surface area contributed by atoms with Crippen molar-refractivity contribution in [2.24, 2.45) is 4.99 Å². The van der Waals surface area contributed by atoms with Crippen molar-refractivity contribution >= 4 is 15.9 Å². The van der Waals surface area contributed by atoms with Crippen LogP contribution >= 0.6 is 0 Å². The normalized spacial score (nSPS) is 20.6. The lowest BCUT2D eigenvalue weighted by atomic mass is 10.1. The summed E-state index contributed by atoms with van der Waals surface area (Å²) < 4.78 is 25.7. The predicted molar refractivity (Wildman–Crippen MR) is 54.0 cm³/mol. The van der Waals surface area contributed by atoms with Crippen LogP contribution in [0.15, 0.2) is 28.1 Å². The van der Waals surface area contributed by atoms with Crippen LogP contribution in [0.4, 0.5) is 0 Å². The van der Waals surface area contributed by atoms with Crippen molar-refractivity contribution < 1.29 is 8.42 Å². The predicted octanol–water partition coefficient (Wildman–Crippen LogP) is 0.663. The number of aliphatic imine (C=N–C) groups is 1. The van der Waals surface area contributed by atoms with Gasteiger partial charge >= 0.3 is 0 Å². The Morgan fingerprint density at radius 1 is 1.36 bits per heavy atom. The van der Waals surface area contributed by atoms with Crippen molar-refractivity contribution in [3.63, 3.8) is 0 Å². The Balaban J connectivity index is 2.85. The first kappa shape index (κ1) is 9.21. The van der Waals surface area contributed by atoms with Gasteiger partial charge in [-0.15, -0.1) is 0 Å². The Kier molecular flexibility index (Phi) is 1.85. The number of rotatable bonds is 0. The van der Waals surface area contributed by atoms with Crippen molar-refractivity contribution in [2.45, 2.75) is 11.8 Å². The Bertz CT molecular complexity index is 518. The number of fused-ring (bicyclic) bond motifs is 1. The lowest BCUT2D eigenvalue weighted by Crippen LogP contribution is -2.22. The molecule has 0 aromatic heterocycles. The van der Waals surface area contributed by atoms with Crippen molar-refractivity contribution in [1.82, 2.24) is 4.72 Å². The molecule has 0 bridgehead atoms. The maximum atomic E-state index is 11.7. The first-order valence-electron chi connectivity index (χ1n) is 4.16. The molecule has 0 amide bonds. The third kappa shape index (κ3) is 1.13. The Morgan fingerprint density at radius 2 is 2.07 bits per heavy atom. The topological polar surface area (TPSA) is 58.5 Å². The van der Waals surface area contributed by atoms with Crippen molar-refractivity contribution in [3.8, 4) is 0 Å². The average Bonchev–Trinajstić information content (AvgIpc) is 2.39. The van der Waals surface area contributed by atoms with Crippen molar-refractivity contribution in [3.05, 3.63) is 29.3 Å². The van der Waals surface area contributed by atoms with Gasteiger partial charge in [0, 0.05) is 12.6 Å². The molecule has 1 heterocycles. The van der Waals surface area contributed by atoms with E-state index in [2.05, 4.69) is 9.71 Å². The Morgan fingerprint density at radius 3 is 2.71 bits per heavy atom. The highest BCUT2D eigenvalue weighted by molar-refractivity contribution is 7.90. The minimum absolute atomic E-state index is 0.348. The summed E-state index contributed by atoms with van der Waals surface area (Å²) in [6, 6.07) is 5.35. The third-order valence-electron chi connectivity index (χ3n) is 2.19. The van der Waals surface area contributed by atoms with E-state index in [4.69, 9.17) is 0 Å². The zero-order chi connectivity index (χ0) is 10.3. The van der Waals surface area contributed by atoms with Crippen LogP contribution in [0.5, 0.6) is 0 Å². The number of benzene rings is 1. The van der Waals surface area contributed by atoms with E-state index in [1.165, 1.54) is 0 Å². The molecule has 1 aromatic carbocycles. The van der Waals surface area contributed by atoms with Gasteiger partial charge in [-0.3, -0.25) is 9.71 Å². The van der Waals surface area contributed by atoms with Crippen molar-refractivity contribution in [1.29, 1.82) is 0 Å². The van der Waals surface area contributed by atoms with E-state index >= 15 is 0 Å².